The van der Waals surface area contributed by atoms with E-state index in [4.69, 9.17) is 5.73 Å². The van der Waals surface area contributed by atoms with E-state index in [1.807, 2.05) is 72.8 Å². The van der Waals surface area contributed by atoms with Gasteiger partial charge in [-0.1, -0.05) is 66.7 Å². The van der Waals surface area contributed by atoms with Gasteiger partial charge in [0.25, 0.3) is 0 Å². The Balaban J connectivity index is 1.43. The second kappa shape index (κ2) is 9.99. The van der Waals surface area contributed by atoms with E-state index in [2.05, 4.69) is 20.5 Å². The van der Waals surface area contributed by atoms with Gasteiger partial charge in [0.05, 0.1) is 12.1 Å². The highest BCUT2D eigenvalue weighted by Gasteiger charge is 2.34. The number of nitrogens with one attached hydrogen (secondary N) is 2. The number of nitrogens with two attached hydrogens (primary N) is 1. The number of aromatic amines is 1. The van der Waals surface area contributed by atoms with Crippen LogP contribution in [0.2, 0.25) is 0 Å². The number of hydrogen-bond acceptors (Lipinski definition) is 5. The number of carbonyl (C=O) groups is 2. The third-order valence-electron chi connectivity index (χ3n) is 6.63. The molecule has 2 heterocycles. The predicted molar refractivity (Wildman–Crippen MR) is 143 cm³/mol. The summed E-state index contributed by atoms with van der Waals surface area (Å²) in [6.07, 6.45) is 2.77. The molecule has 0 fully saturated rings. The van der Waals surface area contributed by atoms with Gasteiger partial charge >= 0.3 is 0 Å². The minimum atomic E-state index is -1.07. The molecule has 4 aromatic rings. The monoisotopic (exact) mass is 494 g/mol. The van der Waals surface area contributed by atoms with Gasteiger partial charge in [-0.05, 0) is 55.0 Å². The van der Waals surface area contributed by atoms with Crippen molar-refractivity contribution in [3.8, 4) is 22.5 Å². The number of H-pyrrole nitrogens is 1. The fraction of sp³-hybridized carbons (Fsp3) is 0.241. The standard InChI is InChI=1S/C29H30N6O2/c1-29(2,30)28(37)33-24-16-15-21-7-3-6-10-25(21)35(27(24)36)17-19-11-13-20(14-12-19)22-8-4-5-9-23(22)26-31-18-32-34-26/h3-14,18,24H,15-17,30H2,1-2H3,(H,33,37)(H,31,32,34)/t24-/m1/s1. The Kier molecular flexibility index (Phi) is 6.58. The smallest absolute Gasteiger partial charge is 0.249 e. The number of rotatable bonds is 6. The van der Waals surface area contributed by atoms with E-state index in [0.29, 0.717) is 25.2 Å². The van der Waals surface area contributed by atoms with Crippen LogP contribution in [0.3, 0.4) is 0 Å². The first-order valence-electron chi connectivity index (χ1n) is 12.3. The summed E-state index contributed by atoms with van der Waals surface area (Å²) in [6.45, 7) is 3.66. The molecule has 1 aliphatic rings. The van der Waals surface area contributed by atoms with E-state index in [0.717, 1.165) is 33.5 Å². The van der Waals surface area contributed by atoms with Crippen molar-refractivity contribution in [2.24, 2.45) is 5.73 Å². The molecule has 0 spiro atoms. The number of carbonyl (C=O) groups excluding carboxylic acids is 2. The van der Waals surface area contributed by atoms with Crippen LogP contribution in [0.4, 0.5) is 5.69 Å². The second-order valence-corrected chi connectivity index (χ2v) is 9.90. The zero-order valence-corrected chi connectivity index (χ0v) is 20.9. The Bertz CT molecular complexity index is 1410. The topological polar surface area (TPSA) is 117 Å². The second-order valence-electron chi connectivity index (χ2n) is 9.90. The summed E-state index contributed by atoms with van der Waals surface area (Å²) < 4.78 is 0. The number of nitrogens with zero attached hydrogens (tertiary/aromatic N) is 3. The molecule has 2 amide bonds. The molecule has 3 aromatic carbocycles. The average Bonchev–Trinajstić information content (AvgIpc) is 3.40. The summed E-state index contributed by atoms with van der Waals surface area (Å²) in [5, 5.41) is 9.88. The van der Waals surface area contributed by atoms with Crippen molar-refractivity contribution in [2.45, 2.75) is 44.8 Å². The first kappa shape index (κ1) is 24.4. The van der Waals surface area contributed by atoms with Crippen LogP contribution < -0.4 is 16.0 Å². The highest BCUT2D eigenvalue weighted by Crippen LogP contribution is 2.32. The number of fused-ring (bicyclic) bond motifs is 1. The molecule has 1 aliphatic heterocycles. The maximum atomic E-state index is 13.7. The van der Waals surface area contributed by atoms with E-state index < -0.39 is 11.6 Å². The zero-order chi connectivity index (χ0) is 26.0. The molecule has 4 N–H and O–H groups in total. The number of aryl methyl sites for hydroxylation is 1. The van der Waals surface area contributed by atoms with Crippen molar-refractivity contribution in [1.82, 2.24) is 20.5 Å². The van der Waals surface area contributed by atoms with E-state index in [9.17, 15) is 9.59 Å². The molecule has 8 nitrogen and oxygen atoms in total. The fourth-order valence-corrected chi connectivity index (χ4v) is 4.60. The number of anilines is 1. The largest absolute Gasteiger partial charge is 0.343 e. The molecule has 1 aromatic heterocycles. The molecule has 5 rings (SSSR count). The van der Waals surface area contributed by atoms with E-state index in [-0.39, 0.29) is 11.8 Å². The first-order valence-corrected chi connectivity index (χ1v) is 12.3. The van der Waals surface area contributed by atoms with Crippen molar-refractivity contribution in [2.75, 3.05) is 4.90 Å². The summed E-state index contributed by atoms with van der Waals surface area (Å²) >= 11 is 0. The summed E-state index contributed by atoms with van der Waals surface area (Å²) in [5.74, 6) is 0.160. The molecule has 8 heteroatoms. The summed E-state index contributed by atoms with van der Waals surface area (Å²) in [4.78, 5) is 32.4. The van der Waals surface area contributed by atoms with Gasteiger partial charge in [0, 0.05) is 11.3 Å². The highest BCUT2D eigenvalue weighted by atomic mass is 16.2. The van der Waals surface area contributed by atoms with Crippen LogP contribution in [0, 0.1) is 0 Å². The van der Waals surface area contributed by atoms with Crippen molar-refractivity contribution in [3.63, 3.8) is 0 Å². The third kappa shape index (κ3) is 5.15. The van der Waals surface area contributed by atoms with Gasteiger partial charge in [0.1, 0.15) is 12.4 Å². The van der Waals surface area contributed by atoms with Gasteiger partial charge < -0.3 is 16.0 Å². The van der Waals surface area contributed by atoms with E-state index in [1.54, 1.807) is 25.1 Å². The van der Waals surface area contributed by atoms with Crippen LogP contribution in [-0.2, 0) is 22.6 Å². The molecule has 0 saturated heterocycles. The molecule has 37 heavy (non-hydrogen) atoms. The minimum Gasteiger partial charge on any atom is -0.343 e. The number of hydrogen-bond donors (Lipinski definition) is 3. The number of para-hydroxylation sites is 1. The average molecular weight is 495 g/mol. The van der Waals surface area contributed by atoms with Crippen LogP contribution in [-0.4, -0.2) is 38.6 Å². The van der Waals surface area contributed by atoms with Crippen LogP contribution >= 0.6 is 0 Å². The summed E-state index contributed by atoms with van der Waals surface area (Å²) in [6, 6.07) is 23.4. The maximum absolute atomic E-state index is 13.7. The Morgan fingerprint density at radius 1 is 1.05 bits per heavy atom. The molecule has 188 valence electrons. The van der Waals surface area contributed by atoms with Crippen LogP contribution in [0.5, 0.6) is 0 Å². The zero-order valence-electron chi connectivity index (χ0n) is 20.9. The van der Waals surface area contributed by atoms with Gasteiger partial charge in [-0.25, -0.2) is 4.98 Å². The quantitative estimate of drug-likeness (QED) is 0.377. The highest BCUT2D eigenvalue weighted by molar-refractivity contribution is 6.01. The molecule has 0 aliphatic carbocycles. The lowest BCUT2D eigenvalue weighted by molar-refractivity contribution is -0.130. The Hall–Kier alpha value is -4.30. The van der Waals surface area contributed by atoms with Crippen LogP contribution in [0.15, 0.2) is 79.1 Å². The van der Waals surface area contributed by atoms with Crippen molar-refractivity contribution < 1.29 is 9.59 Å². The molecule has 0 bridgehead atoms. The minimum absolute atomic E-state index is 0.137. The van der Waals surface area contributed by atoms with Crippen molar-refractivity contribution >= 4 is 17.5 Å². The van der Waals surface area contributed by atoms with Crippen LogP contribution in [0.25, 0.3) is 22.5 Å². The summed E-state index contributed by atoms with van der Waals surface area (Å²) in [5.41, 5.74) is 10.8. The van der Waals surface area contributed by atoms with Gasteiger partial charge in [-0.3, -0.25) is 14.7 Å². The van der Waals surface area contributed by atoms with Crippen LogP contribution in [0.1, 0.15) is 31.4 Å². The normalized spacial score (nSPS) is 15.7. The SMILES string of the molecule is CC(C)(N)C(=O)N[C@@H]1CCc2ccccc2N(Cc2ccc(-c3ccccc3-c3nc[nH]n3)cc2)C1=O. The van der Waals surface area contributed by atoms with Gasteiger partial charge in [-0.15, -0.1) is 0 Å². The molecule has 0 radical (unpaired) electrons. The Morgan fingerprint density at radius 3 is 2.46 bits per heavy atom. The lowest BCUT2D eigenvalue weighted by Crippen LogP contribution is -2.56. The number of amides is 2. The lowest BCUT2D eigenvalue weighted by atomic mass is 9.98. The Morgan fingerprint density at radius 2 is 1.76 bits per heavy atom. The van der Waals surface area contributed by atoms with E-state index in [1.165, 1.54) is 0 Å². The fourth-order valence-electron chi connectivity index (χ4n) is 4.60. The molecule has 0 unspecified atom stereocenters. The molecule has 0 saturated carbocycles. The molecular formula is C29H30N6O2. The third-order valence-corrected chi connectivity index (χ3v) is 6.63. The van der Waals surface area contributed by atoms with E-state index >= 15 is 0 Å². The van der Waals surface area contributed by atoms with Crippen molar-refractivity contribution in [3.05, 3.63) is 90.3 Å². The number of benzene rings is 3. The van der Waals surface area contributed by atoms with Gasteiger partial charge in [0.2, 0.25) is 11.8 Å². The number of aromatic nitrogens is 3. The first-order chi connectivity index (χ1) is 17.8. The van der Waals surface area contributed by atoms with Crippen molar-refractivity contribution in [1.29, 1.82) is 0 Å². The summed E-state index contributed by atoms with van der Waals surface area (Å²) in [7, 11) is 0. The predicted octanol–water partition coefficient (Wildman–Crippen LogP) is 3.84. The van der Waals surface area contributed by atoms with Gasteiger partial charge in [-0.2, -0.15) is 5.10 Å². The maximum Gasteiger partial charge on any atom is 0.249 e. The van der Waals surface area contributed by atoms with Gasteiger partial charge in [0.15, 0.2) is 5.82 Å². The molecule has 1 atom stereocenters. The Labute approximate surface area is 215 Å². The lowest BCUT2D eigenvalue weighted by Gasteiger charge is -2.28. The molecular weight excluding hydrogens is 464 g/mol.